The van der Waals surface area contributed by atoms with Crippen molar-refractivity contribution in [1.29, 1.82) is 0 Å². The molecule has 1 aliphatic carbocycles. The van der Waals surface area contributed by atoms with Crippen molar-refractivity contribution in [2.75, 3.05) is 6.61 Å². The number of hydrogen-bond donors (Lipinski definition) is 0. The Bertz CT molecular complexity index is 690. The Morgan fingerprint density at radius 1 is 1.16 bits per heavy atom. The minimum atomic E-state index is -0.577. The van der Waals surface area contributed by atoms with Crippen LogP contribution in [-0.4, -0.2) is 40.2 Å². The molecular formula is C19H25NO4S. The summed E-state index contributed by atoms with van der Waals surface area (Å²) in [4.78, 5) is 40.5. The summed E-state index contributed by atoms with van der Waals surface area (Å²) in [7, 11) is 0. The molecule has 1 aliphatic heterocycles. The van der Waals surface area contributed by atoms with Gasteiger partial charge in [-0.15, -0.1) is 11.3 Å². The monoisotopic (exact) mass is 363 g/mol. The number of likely N-dealkylation sites (tertiary alicyclic amines) is 1. The third-order valence-corrected chi connectivity index (χ3v) is 6.21. The van der Waals surface area contributed by atoms with Crippen molar-refractivity contribution in [1.82, 2.24) is 4.90 Å². The summed E-state index contributed by atoms with van der Waals surface area (Å²) in [6.45, 7) is 7.25. The van der Waals surface area contributed by atoms with Crippen LogP contribution in [-0.2, 0) is 27.2 Å². The fraction of sp³-hybridized carbons (Fsp3) is 0.632. The number of ether oxygens (including phenoxy) is 1. The molecule has 1 aromatic heterocycles. The SMILES string of the molecule is CC1(C)CC(=O)CC(C)(C)N1C(=O)COC(=O)c1cc2c(s1)CCC2. The van der Waals surface area contributed by atoms with Crippen LogP contribution in [0.25, 0.3) is 0 Å². The maximum Gasteiger partial charge on any atom is 0.348 e. The van der Waals surface area contributed by atoms with Crippen LogP contribution >= 0.6 is 11.3 Å². The van der Waals surface area contributed by atoms with Crippen molar-refractivity contribution in [3.8, 4) is 0 Å². The number of rotatable bonds is 3. The van der Waals surface area contributed by atoms with Gasteiger partial charge in [-0.25, -0.2) is 4.79 Å². The van der Waals surface area contributed by atoms with E-state index in [0.717, 1.165) is 19.3 Å². The summed E-state index contributed by atoms with van der Waals surface area (Å²) < 4.78 is 5.29. The first kappa shape index (κ1) is 18.1. The van der Waals surface area contributed by atoms with Gasteiger partial charge in [0.15, 0.2) is 6.61 Å². The van der Waals surface area contributed by atoms with Crippen molar-refractivity contribution < 1.29 is 19.1 Å². The van der Waals surface area contributed by atoms with Gasteiger partial charge >= 0.3 is 5.97 Å². The fourth-order valence-electron chi connectivity index (χ4n) is 4.37. The third kappa shape index (κ3) is 3.50. The number of fused-ring (bicyclic) bond motifs is 1. The minimum Gasteiger partial charge on any atom is -0.451 e. The number of hydrogen-bond acceptors (Lipinski definition) is 5. The van der Waals surface area contributed by atoms with E-state index in [1.165, 1.54) is 21.8 Å². The quantitative estimate of drug-likeness (QED) is 0.774. The number of aryl methyl sites for hydroxylation is 2. The number of piperidine rings is 1. The molecule has 1 aromatic rings. The van der Waals surface area contributed by atoms with Crippen molar-refractivity contribution in [2.45, 2.75) is 70.9 Å². The van der Waals surface area contributed by atoms with Gasteiger partial charge < -0.3 is 9.64 Å². The van der Waals surface area contributed by atoms with E-state index in [4.69, 9.17) is 4.74 Å². The van der Waals surface area contributed by atoms with Gasteiger partial charge in [0.2, 0.25) is 0 Å². The van der Waals surface area contributed by atoms with Crippen LogP contribution in [0, 0.1) is 0 Å². The molecule has 0 atom stereocenters. The van der Waals surface area contributed by atoms with Gasteiger partial charge in [0, 0.05) is 28.8 Å². The molecular weight excluding hydrogens is 338 g/mol. The largest absolute Gasteiger partial charge is 0.451 e. The molecule has 136 valence electrons. The van der Waals surface area contributed by atoms with Crippen molar-refractivity contribution in [3.05, 3.63) is 21.4 Å². The average molecular weight is 363 g/mol. The molecule has 0 bridgehead atoms. The maximum atomic E-state index is 12.8. The first-order chi connectivity index (χ1) is 11.6. The Morgan fingerprint density at radius 3 is 2.40 bits per heavy atom. The summed E-state index contributed by atoms with van der Waals surface area (Å²) in [6.07, 6.45) is 3.84. The summed E-state index contributed by atoms with van der Waals surface area (Å²) in [6, 6.07) is 1.90. The van der Waals surface area contributed by atoms with E-state index in [1.54, 1.807) is 4.90 Å². The van der Waals surface area contributed by atoms with E-state index in [9.17, 15) is 14.4 Å². The molecule has 0 aromatic carbocycles. The van der Waals surface area contributed by atoms with E-state index in [-0.39, 0.29) is 18.3 Å². The van der Waals surface area contributed by atoms with Gasteiger partial charge in [-0.1, -0.05) is 0 Å². The summed E-state index contributed by atoms with van der Waals surface area (Å²) >= 11 is 1.47. The lowest BCUT2D eigenvalue weighted by Gasteiger charge is -2.51. The molecule has 0 saturated carbocycles. The highest BCUT2D eigenvalue weighted by Gasteiger charge is 2.47. The smallest absolute Gasteiger partial charge is 0.348 e. The summed E-state index contributed by atoms with van der Waals surface area (Å²) in [5.74, 6) is -0.527. The van der Waals surface area contributed by atoms with Crippen LogP contribution in [0.5, 0.6) is 0 Å². The summed E-state index contributed by atoms with van der Waals surface area (Å²) in [5.41, 5.74) is 0.0823. The highest BCUT2D eigenvalue weighted by Crippen LogP contribution is 2.36. The minimum absolute atomic E-state index is 0.157. The van der Waals surface area contributed by atoms with Crippen LogP contribution < -0.4 is 0 Å². The van der Waals surface area contributed by atoms with E-state index < -0.39 is 17.0 Å². The predicted octanol–water partition coefficient (Wildman–Crippen LogP) is 3.14. The standard InChI is InChI=1S/C19H25NO4S/c1-18(2)9-13(21)10-19(3,4)20(18)16(22)11-24-17(23)15-8-12-6-5-7-14(12)25-15/h8H,5-7,9-11H2,1-4H3. The lowest BCUT2D eigenvalue weighted by Crippen LogP contribution is -2.63. The zero-order chi connectivity index (χ0) is 18.4. The van der Waals surface area contributed by atoms with E-state index in [2.05, 4.69) is 0 Å². The third-order valence-electron chi connectivity index (χ3n) is 4.99. The first-order valence-corrected chi connectivity index (χ1v) is 9.55. The number of Topliss-reactive ketones (excluding diaryl/α,β-unsaturated/α-hetero) is 1. The molecule has 1 saturated heterocycles. The van der Waals surface area contributed by atoms with Gasteiger partial charge in [0.1, 0.15) is 10.7 Å². The van der Waals surface area contributed by atoms with Crippen LogP contribution in [0.2, 0.25) is 0 Å². The second kappa shape index (κ2) is 6.24. The summed E-state index contributed by atoms with van der Waals surface area (Å²) in [5, 5.41) is 0. The number of thiophene rings is 1. The van der Waals surface area contributed by atoms with Crippen LogP contribution in [0.4, 0.5) is 0 Å². The molecule has 2 heterocycles. The molecule has 25 heavy (non-hydrogen) atoms. The normalized spacial score (nSPS) is 21.1. The van der Waals surface area contributed by atoms with Crippen LogP contribution in [0.1, 0.15) is 67.1 Å². The highest BCUT2D eigenvalue weighted by molar-refractivity contribution is 7.14. The number of carbonyl (C=O) groups excluding carboxylic acids is 3. The number of ketones is 1. The van der Waals surface area contributed by atoms with Gasteiger partial charge in [-0.3, -0.25) is 9.59 Å². The van der Waals surface area contributed by atoms with Crippen molar-refractivity contribution in [2.24, 2.45) is 0 Å². The van der Waals surface area contributed by atoms with E-state index >= 15 is 0 Å². The Hall–Kier alpha value is -1.69. The molecule has 5 nitrogen and oxygen atoms in total. The Kier molecular flexibility index (Phi) is 4.52. The number of carbonyl (C=O) groups is 3. The second-order valence-electron chi connectivity index (χ2n) is 8.23. The molecule has 0 unspecified atom stereocenters. The average Bonchev–Trinajstić information content (AvgIpc) is 3.02. The van der Waals surface area contributed by atoms with Gasteiger partial charge in [-0.2, -0.15) is 0 Å². The molecule has 0 radical (unpaired) electrons. The lowest BCUT2D eigenvalue weighted by atomic mass is 9.79. The van der Waals surface area contributed by atoms with Crippen molar-refractivity contribution >= 4 is 29.0 Å². The van der Waals surface area contributed by atoms with Gasteiger partial charge in [0.25, 0.3) is 5.91 Å². The zero-order valence-electron chi connectivity index (χ0n) is 15.3. The number of amides is 1. The molecule has 1 fully saturated rings. The lowest BCUT2D eigenvalue weighted by molar-refractivity contribution is -0.156. The first-order valence-electron chi connectivity index (χ1n) is 8.74. The fourth-order valence-corrected chi connectivity index (χ4v) is 5.52. The number of esters is 1. The van der Waals surface area contributed by atoms with E-state index in [1.807, 2.05) is 33.8 Å². The van der Waals surface area contributed by atoms with Gasteiger partial charge in [0.05, 0.1) is 0 Å². The zero-order valence-corrected chi connectivity index (χ0v) is 16.1. The van der Waals surface area contributed by atoms with Gasteiger partial charge in [-0.05, 0) is 58.6 Å². The molecule has 1 amide bonds. The highest BCUT2D eigenvalue weighted by atomic mass is 32.1. The predicted molar refractivity (Wildman–Crippen MR) is 95.9 cm³/mol. The number of nitrogens with zero attached hydrogens (tertiary/aromatic N) is 1. The molecule has 3 rings (SSSR count). The topological polar surface area (TPSA) is 63.7 Å². The van der Waals surface area contributed by atoms with Crippen LogP contribution in [0.3, 0.4) is 0 Å². The van der Waals surface area contributed by atoms with Crippen molar-refractivity contribution in [3.63, 3.8) is 0 Å². The molecule has 0 spiro atoms. The molecule has 2 aliphatic rings. The van der Waals surface area contributed by atoms with Crippen LogP contribution in [0.15, 0.2) is 6.07 Å². The van der Waals surface area contributed by atoms with E-state index in [0.29, 0.717) is 17.7 Å². The molecule has 6 heteroatoms. The Balaban J connectivity index is 1.66. The maximum absolute atomic E-state index is 12.8. The Labute approximate surface area is 152 Å². The Morgan fingerprint density at radius 2 is 1.80 bits per heavy atom. The second-order valence-corrected chi connectivity index (χ2v) is 9.37. The molecule has 0 N–H and O–H groups in total.